The first-order chi connectivity index (χ1) is 9.66. The van der Waals surface area contributed by atoms with Crippen molar-refractivity contribution in [2.45, 2.75) is 19.4 Å². The van der Waals surface area contributed by atoms with Gasteiger partial charge in [-0.3, -0.25) is 4.79 Å². The number of ketones is 1. The topological polar surface area (TPSA) is 26.3 Å². The minimum atomic E-state index is -0.631. The first-order valence-corrected chi connectivity index (χ1v) is 6.37. The zero-order valence-corrected chi connectivity index (χ0v) is 10.7. The fourth-order valence-electron chi connectivity index (χ4n) is 2.41. The van der Waals surface area contributed by atoms with Gasteiger partial charge in [0.05, 0.1) is 5.56 Å². The van der Waals surface area contributed by atoms with Crippen LogP contribution in [0.1, 0.15) is 27.9 Å². The highest BCUT2D eigenvalue weighted by atomic mass is 19.1. The highest BCUT2D eigenvalue weighted by Crippen LogP contribution is 2.31. The van der Waals surface area contributed by atoms with E-state index in [0.717, 1.165) is 5.56 Å². The lowest BCUT2D eigenvalue weighted by atomic mass is 10.1. The van der Waals surface area contributed by atoms with E-state index in [4.69, 9.17) is 4.74 Å². The van der Waals surface area contributed by atoms with Crippen molar-refractivity contribution >= 4 is 5.78 Å². The van der Waals surface area contributed by atoms with Gasteiger partial charge in [-0.25, -0.2) is 8.78 Å². The quantitative estimate of drug-likeness (QED) is 0.853. The molecule has 0 N–H and O–H groups in total. The van der Waals surface area contributed by atoms with Crippen LogP contribution in [-0.4, -0.2) is 5.78 Å². The second-order valence-electron chi connectivity index (χ2n) is 4.69. The Hall–Kier alpha value is -2.23. The smallest absolute Gasteiger partial charge is 0.163 e. The number of Topliss-reactive ketones (excluding diaryl/α,β-unsaturated/α-hetero) is 1. The molecule has 0 saturated heterocycles. The molecule has 2 aromatic rings. The Morgan fingerprint density at radius 1 is 1.00 bits per heavy atom. The summed E-state index contributed by atoms with van der Waals surface area (Å²) in [5.41, 5.74) is 1.38. The van der Waals surface area contributed by atoms with Gasteiger partial charge in [0.1, 0.15) is 24.0 Å². The second-order valence-corrected chi connectivity index (χ2v) is 4.69. The lowest BCUT2D eigenvalue weighted by Gasteiger charge is -2.11. The predicted octanol–water partition coefficient (Wildman–Crippen LogP) is 3.67. The molecule has 1 aliphatic carbocycles. The molecule has 0 heterocycles. The maximum absolute atomic E-state index is 13.5. The molecule has 0 radical (unpaired) electrons. The van der Waals surface area contributed by atoms with Gasteiger partial charge < -0.3 is 4.74 Å². The zero-order valence-electron chi connectivity index (χ0n) is 10.7. The Bertz CT molecular complexity index is 660. The lowest BCUT2D eigenvalue weighted by Crippen LogP contribution is -2.03. The van der Waals surface area contributed by atoms with Crippen LogP contribution in [0.4, 0.5) is 8.78 Å². The van der Waals surface area contributed by atoms with Gasteiger partial charge in [-0.05, 0) is 24.6 Å². The van der Waals surface area contributed by atoms with Crippen molar-refractivity contribution in [3.05, 3.63) is 64.7 Å². The van der Waals surface area contributed by atoms with Crippen molar-refractivity contribution in [3.63, 3.8) is 0 Å². The highest BCUT2D eigenvalue weighted by molar-refractivity contribution is 6.01. The van der Waals surface area contributed by atoms with Crippen LogP contribution >= 0.6 is 0 Å². The van der Waals surface area contributed by atoms with Crippen molar-refractivity contribution in [1.82, 2.24) is 0 Å². The van der Waals surface area contributed by atoms with Gasteiger partial charge >= 0.3 is 0 Å². The summed E-state index contributed by atoms with van der Waals surface area (Å²) in [7, 11) is 0. The third-order valence-electron chi connectivity index (χ3n) is 3.47. The summed E-state index contributed by atoms with van der Waals surface area (Å²) in [5, 5.41) is 0. The van der Waals surface area contributed by atoms with Crippen LogP contribution in [0.15, 0.2) is 36.4 Å². The summed E-state index contributed by atoms with van der Waals surface area (Å²) >= 11 is 0. The first kappa shape index (κ1) is 12.8. The molecule has 20 heavy (non-hydrogen) atoms. The number of fused-ring (bicyclic) bond motifs is 1. The Labute approximate surface area is 115 Å². The van der Waals surface area contributed by atoms with Crippen molar-refractivity contribution < 1.29 is 18.3 Å². The van der Waals surface area contributed by atoms with Gasteiger partial charge in [-0.15, -0.1) is 0 Å². The lowest BCUT2D eigenvalue weighted by molar-refractivity contribution is 0.0994. The van der Waals surface area contributed by atoms with Crippen LogP contribution in [0.2, 0.25) is 0 Å². The molecule has 0 bridgehead atoms. The normalized spacial score (nSPS) is 13.4. The number of hydrogen-bond acceptors (Lipinski definition) is 2. The zero-order chi connectivity index (χ0) is 14.1. The summed E-state index contributed by atoms with van der Waals surface area (Å²) in [5.74, 6) is -0.652. The molecule has 1 aliphatic rings. The molecule has 4 heteroatoms. The van der Waals surface area contributed by atoms with Gasteiger partial charge in [-0.2, -0.15) is 0 Å². The molecule has 0 fully saturated rings. The molecular formula is C16H12F2O2. The largest absolute Gasteiger partial charge is 0.488 e. The number of carbonyl (C=O) groups is 1. The summed E-state index contributed by atoms with van der Waals surface area (Å²) in [6.07, 6.45) is 1.08. The highest BCUT2D eigenvalue weighted by Gasteiger charge is 2.22. The SMILES string of the molecule is O=C1CCc2c(OCc3c(F)cccc3F)cccc21. The van der Waals surface area contributed by atoms with E-state index in [1.165, 1.54) is 18.2 Å². The number of halogens is 2. The number of ether oxygens (including phenoxy) is 1. The molecular weight excluding hydrogens is 262 g/mol. The molecule has 0 aliphatic heterocycles. The minimum Gasteiger partial charge on any atom is -0.488 e. The average Bonchev–Trinajstić information content (AvgIpc) is 2.81. The summed E-state index contributed by atoms with van der Waals surface area (Å²) in [4.78, 5) is 11.6. The third-order valence-corrected chi connectivity index (χ3v) is 3.47. The Morgan fingerprint density at radius 2 is 1.70 bits per heavy atom. The minimum absolute atomic E-state index is 0.0857. The molecule has 0 atom stereocenters. The van der Waals surface area contributed by atoms with Crippen LogP contribution in [0, 0.1) is 11.6 Å². The molecule has 0 amide bonds. The monoisotopic (exact) mass is 274 g/mol. The maximum atomic E-state index is 13.5. The first-order valence-electron chi connectivity index (χ1n) is 6.37. The van der Waals surface area contributed by atoms with Crippen molar-refractivity contribution in [2.24, 2.45) is 0 Å². The van der Waals surface area contributed by atoms with Crippen LogP contribution < -0.4 is 4.74 Å². The van der Waals surface area contributed by atoms with Crippen molar-refractivity contribution in [3.8, 4) is 5.75 Å². The summed E-state index contributed by atoms with van der Waals surface area (Å²) in [6, 6.07) is 8.89. The van der Waals surface area contributed by atoms with Crippen molar-refractivity contribution in [2.75, 3.05) is 0 Å². The van der Waals surface area contributed by atoms with E-state index in [0.29, 0.717) is 24.2 Å². The predicted molar refractivity (Wildman–Crippen MR) is 69.8 cm³/mol. The van der Waals surface area contributed by atoms with Crippen LogP contribution in [0.5, 0.6) is 5.75 Å². The number of rotatable bonds is 3. The number of benzene rings is 2. The van der Waals surface area contributed by atoms with Gasteiger partial charge in [-0.1, -0.05) is 18.2 Å². The molecule has 0 aromatic heterocycles. The molecule has 0 saturated carbocycles. The number of carbonyl (C=O) groups excluding carboxylic acids is 1. The molecule has 102 valence electrons. The van der Waals surface area contributed by atoms with Gasteiger partial charge in [0.2, 0.25) is 0 Å². The maximum Gasteiger partial charge on any atom is 0.163 e. The van der Waals surface area contributed by atoms with E-state index < -0.39 is 11.6 Å². The molecule has 2 nitrogen and oxygen atoms in total. The van der Waals surface area contributed by atoms with E-state index in [1.807, 2.05) is 0 Å². The second kappa shape index (κ2) is 5.04. The van der Waals surface area contributed by atoms with E-state index in [-0.39, 0.29) is 18.0 Å². The van der Waals surface area contributed by atoms with E-state index in [9.17, 15) is 13.6 Å². The standard InChI is InChI=1S/C16H12F2O2/c17-13-4-2-5-14(18)12(13)9-20-16-6-1-3-10-11(16)7-8-15(10)19/h1-6H,7-9H2. The van der Waals surface area contributed by atoms with Gasteiger partial charge in [0.25, 0.3) is 0 Å². The third kappa shape index (κ3) is 2.18. The summed E-state index contributed by atoms with van der Waals surface area (Å²) < 4.78 is 32.5. The van der Waals surface area contributed by atoms with Crippen molar-refractivity contribution in [1.29, 1.82) is 0 Å². The number of hydrogen-bond donors (Lipinski definition) is 0. The summed E-state index contributed by atoms with van der Waals surface area (Å²) in [6.45, 7) is -0.191. The Morgan fingerprint density at radius 3 is 2.45 bits per heavy atom. The van der Waals surface area contributed by atoms with Crippen LogP contribution in [0.3, 0.4) is 0 Å². The molecule has 2 aromatic carbocycles. The Kier molecular flexibility index (Phi) is 3.22. The fraction of sp³-hybridized carbons (Fsp3) is 0.188. The van der Waals surface area contributed by atoms with E-state index in [2.05, 4.69) is 0 Å². The van der Waals surface area contributed by atoms with E-state index >= 15 is 0 Å². The van der Waals surface area contributed by atoms with Gasteiger partial charge in [0.15, 0.2) is 5.78 Å². The fourth-order valence-corrected chi connectivity index (χ4v) is 2.41. The van der Waals surface area contributed by atoms with E-state index in [1.54, 1.807) is 18.2 Å². The molecule has 3 rings (SSSR count). The molecule has 0 spiro atoms. The van der Waals surface area contributed by atoms with Gasteiger partial charge in [0, 0.05) is 17.5 Å². The molecule has 0 unspecified atom stereocenters. The average molecular weight is 274 g/mol. The Balaban J connectivity index is 1.85. The van der Waals surface area contributed by atoms with Crippen LogP contribution in [-0.2, 0) is 13.0 Å². The van der Waals surface area contributed by atoms with Crippen LogP contribution in [0.25, 0.3) is 0 Å².